The van der Waals surface area contributed by atoms with Crippen LogP contribution < -0.4 is 9.47 Å². The van der Waals surface area contributed by atoms with E-state index >= 15 is 0 Å². The molecule has 7 heteroatoms. The summed E-state index contributed by atoms with van der Waals surface area (Å²) in [5, 5.41) is 13.6. The molecule has 0 amide bonds. The molecular formula is C21H24N4O3. The minimum atomic E-state index is -0.123. The number of carbonyl (C=O) groups is 1. The second kappa shape index (κ2) is 9.64. The van der Waals surface area contributed by atoms with Gasteiger partial charge in [0, 0.05) is 5.56 Å². The van der Waals surface area contributed by atoms with E-state index in [1.807, 2.05) is 24.3 Å². The van der Waals surface area contributed by atoms with Crippen molar-refractivity contribution in [3.63, 3.8) is 0 Å². The van der Waals surface area contributed by atoms with E-state index in [1.165, 1.54) is 18.4 Å². The van der Waals surface area contributed by atoms with Crippen LogP contribution in [0.25, 0.3) is 0 Å². The Balaban J connectivity index is 1.78. The lowest BCUT2D eigenvalue weighted by molar-refractivity contribution is 0.103. The van der Waals surface area contributed by atoms with Crippen molar-refractivity contribution in [2.45, 2.75) is 39.2 Å². The number of nitrogens with one attached hydrogen (secondary N) is 1. The van der Waals surface area contributed by atoms with E-state index in [4.69, 9.17) is 9.47 Å². The van der Waals surface area contributed by atoms with Crippen molar-refractivity contribution < 1.29 is 14.3 Å². The fourth-order valence-corrected chi connectivity index (χ4v) is 2.88. The SMILES string of the molecule is CCCCCc1ccc(C(=O)c2cc(OC)ccc2OCc2nn[nH]n2)cc1. The maximum atomic E-state index is 13.1. The van der Waals surface area contributed by atoms with Gasteiger partial charge in [0.25, 0.3) is 0 Å². The quantitative estimate of drug-likeness (QED) is 0.425. The van der Waals surface area contributed by atoms with Crippen LogP contribution >= 0.6 is 0 Å². The highest BCUT2D eigenvalue weighted by Crippen LogP contribution is 2.27. The number of carbonyl (C=O) groups excluding carboxylic acids is 1. The molecule has 0 aliphatic heterocycles. The van der Waals surface area contributed by atoms with E-state index < -0.39 is 0 Å². The number of unbranched alkanes of at least 4 members (excludes halogenated alkanes) is 2. The van der Waals surface area contributed by atoms with Crippen molar-refractivity contribution >= 4 is 5.78 Å². The van der Waals surface area contributed by atoms with Gasteiger partial charge >= 0.3 is 0 Å². The molecule has 0 radical (unpaired) electrons. The Morgan fingerprint density at radius 3 is 2.61 bits per heavy atom. The van der Waals surface area contributed by atoms with Crippen LogP contribution in [0.4, 0.5) is 0 Å². The van der Waals surface area contributed by atoms with Gasteiger partial charge in [0.05, 0.1) is 12.7 Å². The molecule has 2 aromatic carbocycles. The lowest BCUT2D eigenvalue weighted by atomic mass is 9.99. The first-order valence-corrected chi connectivity index (χ1v) is 9.38. The maximum absolute atomic E-state index is 13.1. The zero-order chi connectivity index (χ0) is 19.8. The minimum Gasteiger partial charge on any atom is -0.497 e. The molecule has 1 N–H and O–H groups in total. The van der Waals surface area contributed by atoms with Gasteiger partial charge in [-0.15, -0.1) is 10.2 Å². The van der Waals surface area contributed by atoms with Gasteiger partial charge in [-0.25, -0.2) is 0 Å². The number of aromatic nitrogens is 4. The largest absolute Gasteiger partial charge is 0.497 e. The number of ether oxygens (including phenoxy) is 2. The Bertz CT molecular complexity index is 893. The van der Waals surface area contributed by atoms with Gasteiger partial charge in [0.15, 0.2) is 12.4 Å². The van der Waals surface area contributed by atoms with Gasteiger partial charge in [0.2, 0.25) is 5.82 Å². The van der Waals surface area contributed by atoms with Gasteiger partial charge < -0.3 is 9.47 Å². The first kappa shape index (κ1) is 19.5. The Morgan fingerprint density at radius 2 is 1.93 bits per heavy atom. The van der Waals surface area contributed by atoms with Crippen molar-refractivity contribution in [2.24, 2.45) is 0 Å². The smallest absolute Gasteiger partial charge is 0.211 e. The fraction of sp³-hybridized carbons (Fsp3) is 0.333. The molecule has 0 spiro atoms. The molecule has 0 fully saturated rings. The van der Waals surface area contributed by atoms with Gasteiger partial charge in [-0.05, 0) is 36.6 Å². The number of benzene rings is 2. The fourth-order valence-electron chi connectivity index (χ4n) is 2.88. The predicted molar refractivity (Wildman–Crippen MR) is 105 cm³/mol. The summed E-state index contributed by atoms with van der Waals surface area (Å²) in [7, 11) is 1.56. The lowest BCUT2D eigenvalue weighted by Gasteiger charge is -2.12. The summed E-state index contributed by atoms with van der Waals surface area (Å²) < 4.78 is 11.0. The van der Waals surface area contributed by atoms with Crippen molar-refractivity contribution in [1.29, 1.82) is 0 Å². The molecule has 0 aliphatic carbocycles. The van der Waals surface area contributed by atoms with Crippen LogP contribution in [0.2, 0.25) is 0 Å². The van der Waals surface area contributed by atoms with E-state index in [0.29, 0.717) is 28.5 Å². The molecule has 1 heterocycles. The summed E-state index contributed by atoms with van der Waals surface area (Å²) in [5.74, 6) is 1.32. The minimum absolute atomic E-state index is 0.111. The third-order valence-electron chi connectivity index (χ3n) is 4.46. The first-order chi connectivity index (χ1) is 13.7. The van der Waals surface area contributed by atoms with Crippen LogP contribution in [0.5, 0.6) is 11.5 Å². The molecule has 28 heavy (non-hydrogen) atoms. The summed E-state index contributed by atoms with van der Waals surface area (Å²) in [5.41, 5.74) is 2.28. The number of aromatic amines is 1. The molecule has 3 rings (SSSR count). The lowest BCUT2D eigenvalue weighted by Crippen LogP contribution is -2.07. The molecule has 0 atom stereocenters. The number of nitrogens with zero attached hydrogens (tertiary/aromatic N) is 3. The Kier molecular flexibility index (Phi) is 6.73. The highest BCUT2D eigenvalue weighted by Gasteiger charge is 2.17. The number of hydrogen-bond donors (Lipinski definition) is 1. The number of ketones is 1. The van der Waals surface area contributed by atoms with Crippen molar-refractivity contribution in [2.75, 3.05) is 7.11 Å². The van der Waals surface area contributed by atoms with Crippen LogP contribution in [-0.2, 0) is 13.0 Å². The molecule has 0 saturated heterocycles. The maximum Gasteiger partial charge on any atom is 0.211 e. The monoisotopic (exact) mass is 380 g/mol. The van der Waals surface area contributed by atoms with E-state index in [0.717, 1.165) is 12.8 Å². The van der Waals surface area contributed by atoms with Crippen molar-refractivity contribution in [3.8, 4) is 11.5 Å². The number of hydrogen-bond acceptors (Lipinski definition) is 6. The molecule has 0 bridgehead atoms. The van der Waals surface area contributed by atoms with E-state index in [-0.39, 0.29) is 12.4 Å². The van der Waals surface area contributed by atoms with Crippen molar-refractivity contribution in [3.05, 3.63) is 65.0 Å². The molecule has 0 unspecified atom stereocenters. The van der Waals surface area contributed by atoms with Gasteiger partial charge in [-0.3, -0.25) is 4.79 Å². The highest BCUT2D eigenvalue weighted by atomic mass is 16.5. The van der Waals surface area contributed by atoms with E-state index in [9.17, 15) is 4.79 Å². The summed E-state index contributed by atoms with van der Waals surface area (Å²) in [6, 6.07) is 12.9. The summed E-state index contributed by atoms with van der Waals surface area (Å²) in [4.78, 5) is 13.1. The molecule has 1 aromatic heterocycles. The predicted octanol–water partition coefficient (Wildman–Crippen LogP) is 3.75. The van der Waals surface area contributed by atoms with Crippen LogP contribution in [-0.4, -0.2) is 33.5 Å². The Labute approximate surface area is 164 Å². The number of rotatable bonds is 10. The Hall–Kier alpha value is -3.22. The standard InChI is InChI=1S/C21H24N4O3/c1-3-4-5-6-15-7-9-16(10-8-15)21(26)18-13-17(27-2)11-12-19(18)28-14-20-22-24-25-23-20/h7-13H,3-6,14H2,1-2H3,(H,22,23,24,25). The second-order valence-corrected chi connectivity index (χ2v) is 6.46. The molecule has 0 saturated carbocycles. The number of H-pyrrole nitrogens is 1. The Morgan fingerprint density at radius 1 is 1.11 bits per heavy atom. The molecule has 146 valence electrons. The third kappa shape index (κ3) is 4.94. The normalized spacial score (nSPS) is 10.6. The summed E-state index contributed by atoms with van der Waals surface area (Å²) >= 11 is 0. The van der Waals surface area contributed by atoms with Crippen LogP contribution in [0, 0.1) is 0 Å². The zero-order valence-corrected chi connectivity index (χ0v) is 16.1. The van der Waals surface area contributed by atoms with E-state index in [1.54, 1.807) is 25.3 Å². The molecule has 3 aromatic rings. The first-order valence-electron chi connectivity index (χ1n) is 9.38. The second-order valence-electron chi connectivity index (χ2n) is 6.46. The molecule has 0 aliphatic rings. The number of methoxy groups -OCH3 is 1. The molecular weight excluding hydrogens is 356 g/mol. The summed E-state index contributed by atoms with van der Waals surface area (Å²) in [6.07, 6.45) is 4.60. The molecule has 7 nitrogen and oxygen atoms in total. The van der Waals surface area contributed by atoms with Gasteiger partial charge in [-0.1, -0.05) is 49.2 Å². The van der Waals surface area contributed by atoms with Crippen LogP contribution in [0.3, 0.4) is 0 Å². The topological polar surface area (TPSA) is 90.0 Å². The average molecular weight is 380 g/mol. The van der Waals surface area contributed by atoms with Crippen molar-refractivity contribution in [1.82, 2.24) is 20.6 Å². The van der Waals surface area contributed by atoms with Gasteiger partial charge in [-0.2, -0.15) is 5.21 Å². The van der Waals surface area contributed by atoms with Crippen LogP contribution in [0.15, 0.2) is 42.5 Å². The van der Waals surface area contributed by atoms with Gasteiger partial charge in [0.1, 0.15) is 11.5 Å². The third-order valence-corrected chi connectivity index (χ3v) is 4.46. The van der Waals surface area contributed by atoms with E-state index in [2.05, 4.69) is 27.5 Å². The number of aryl methyl sites for hydroxylation is 1. The average Bonchev–Trinajstić information content (AvgIpc) is 3.26. The number of tetrazole rings is 1. The summed E-state index contributed by atoms with van der Waals surface area (Å²) in [6.45, 7) is 2.30. The highest BCUT2D eigenvalue weighted by molar-refractivity contribution is 6.11. The zero-order valence-electron chi connectivity index (χ0n) is 16.1. The van der Waals surface area contributed by atoms with Crippen LogP contribution in [0.1, 0.15) is 53.5 Å².